The Balaban J connectivity index is 1.59. The highest BCUT2D eigenvalue weighted by Gasteiger charge is 2.30. The zero-order valence-electron chi connectivity index (χ0n) is 17.8. The van der Waals surface area contributed by atoms with Crippen molar-refractivity contribution in [1.29, 1.82) is 0 Å². The molecule has 0 spiro atoms. The van der Waals surface area contributed by atoms with Crippen molar-refractivity contribution in [3.63, 3.8) is 0 Å². The summed E-state index contributed by atoms with van der Waals surface area (Å²) in [6, 6.07) is 8.98. The molecule has 7 nitrogen and oxygen atoms in total. The maximum absolute atomic E-state index is 12.9. The van der Waals surface area contributed by atoms with Crippen LogP contribution in [0.15, 0.2) is 47.6 Å². The number of anilines is 1. The van der Waals surface area contributed by atoms with Gasteiger partial charge >= 0.3 is 6.18 Å². The number of alkyl halides is 3. The van der Waals surface area contributed by atoms with Gasteiger partial charge in [0.25, 0.3) is 0 Å². The number of rotatable bonds is 6. The molecule has 1 aliphatic rings. The smallest absolute Gasteiger partial charge is 0.369 e. The van der Waals surface area contributed by atoms with E-state index < -0.39 is 11.7 Å². The second kappa shape index (κ2) is 10.3. The highest BCUT2D eigenvalue weighted by atomic mass is 19.4. The van der Waals surface area contributed by atoms with Crippen LogP contribution in [-0.2, 0) is 24.1 Å². The molecule has 0 radical (unpaired) electrons. The molecular weight excluding hydrogens is 421 g/mol. The molecule has 2 aromatic rings. The fourth-order valence-electron chi connectivity index (χ4n) is 3.67. The molecule has 0 saturated carbocycles. The summed E-state index contributed by atoms with van der Waals surface area (Å²) in [6.07, 6.45) is -1.27. The average molecular weight is 448 g/mol. The number of nitrogens with zero attached hydrogens (tertiary/aromatic N) is 3. The summed E-state index contributed by atoms with van der Waals surface area (Å²) in [5.74, 6) is 0.930. The molecule has 1 amide bonds. The molecule has 1 saturated heterocycles. The van der Waals surface area contributed by atoms with Crippen molar-refractivity contribution in [3.8, 4) is 0 Å². The third kappa shape index (κ3) is 6.12. The maximum atomic E-state index is 12.9. The van der Waals surface area contributed by atoms with Crippen molar-refractivity contribution in [2.75, 3.05) is 25.0 Å². The molecule has 172 valence electrons. The van der Waals surface area contributed by atoms with Crippen LogP contribution < -0.4 is 21.3 Å². The Hall–Kier alpha value is -3.30. The predicted octanol–water partition coefficient (Wildman–Crippen LogP) is 2.67. The van der Waals surface area contributed by atoms with Gasteiger partial charge in [0, 0.05) is 50.9 Å². The van der Waals surface area contributed by atoms with E-state index in [0.717, 1.165) is 23.5 Å². The lowest BCUT2D eigenvalue weighted by atomic mass is 9.96. The van der Waals surface area contributed by atoms with Crippen LogP contribution in [0.5, 0.6) is 0 Å². The van der Waals surface area contributed by atoms with Crippen LogP contribution in [0.2, 0.25) is 0 Å². The van der Waals surface area contributed by atoms with Crippen molar-refractivity contribution < 1.29 is 18.0 Å². The Bertz CT molecular complexity index is 955. The van der Waals surface area contributed by atoms with Gasteiger partial charge in [0.1, 0.15) is 5.82 Å². The average Bonchev–Trinajstić information content (AvgIpc) is 2.79. The number of piperidine rings is 1. The van der Waals surface area contributed by atoms with Gasteiger partial charge in [0.05, 0.1) is 5.56 Å². The van der Waals surface area contributed by atoms with E-state index in [9.17, 15) is 18.0 Å². The second-order valence-corrected chi connectivity index (χ2v) is 7.63. The summed E-state index contributed by atoms with van der Waals surface area (Å²) in [5, 5.41) is 6.22. The minimum atomic E-state index is -4.38. The van der Waals surface area contributed by atoms with Gasteiger partial charge in [-0.25, -0.2) is 4.98 Å². The van der Waals surface area contributed by atoms with Crippen LogP contribution >= 0.6 is 0 Å². The minimum Gasteiger partial charge on any atom is -0.369 e. The quantitative estimate of drug-likeness (QED) is 0.467. The van der Waals surface area contributed by atoms with Crippen LogP contribution in [0.1, 0.15) is 29.5 Å². The van der Waals surface area contributed by atoms with Crippen LogP contribution in [0.4, 0.5) is 19.0 Å². The Morgan fingerprint density at radius 2 is 1.91 bits per heavy atom. The van der Waals surface area contributed by atoms with Crippen molar-refractivity contribution >= 4 is 17.7 Å². The minimum absolute atomic E-state index is 0.101. The molecule has 1 fully saturated rings. The Labute approximate surface area is 184 Å². The lowest BCUT2D eigenvalue weighted by Gasteiger charge is -2.32. The normalized spacial score (nSPS) is 15.5. The molecule has 10 heteroatoms. The summed E-state index contributed by atoms with van der Waals surface area (Å²) in [6.45, 7) is 2.02. The van der Waals surface area contributed by atoms with Gasteiger partial charge < -0.3 is 21.3 Å². The number of benzene rings is 1. The molecule has 0 aliphatic carbocycles. The predicted molar refractivity (Wildman–Crippen MR) is 117 cm³/mol. The van der Waals surface area contributed by atoms with E-state index in [1.54, 1.807) is 19.3 Å². The largest absolute Gasteiger partial charge is 0.416 e. The summed E-state index contributed by atoms with van der Waals surface area (Å²) >= 11 is 0. The van der Waals surface area contributed by atoms with Crippen LogP contribution in [-0.4, -0.2) is 37.0 Å². The van der Waals surface area contributed by atoms with Gasteiger partial charge in [-0.3, -0.25) is 9.79 Å². The molecule has 3 rings (SSSR count). The van der Waals surface area contributed by atoms with E-state index in [0.29, 0.717) is 44.0 Å². The summed E-state index contributed by atoms with van der Waals surface area (Å²) in [4.78, 5) is 22.2. The lowest BCUT2D eigenvalue weighted by molar-refractivity contribution is -0.137. The van der Waals surface area contributed by atoms with Gasteiger partial charge in [-0.2, -0.15) is 13.2 Å². The first kappa shape index (κ1) is 23.4. The van der Waals surface area contributed by atoms with Crippen molar-refractivity contribution in [1.82, 2.24) is 15.6 Å². The molecule has 2 heterocycles. The topological polar surface area (TPSA) is 95.6 Å². The van der Waals surface area contributed by atoms with Gasteiger partial charge in [-0.1, -0.05) is 18.2 Å². The number of primary amides is 1. The summed E-state index contributed by atoms with van der Waals surface area (Å²) in [7, 11) is 1.60. The molecule has 0 unspecified atom stereocenters. The number of amides is 1. The maximum Gasteiger partial charge on any atom is 0.416 e. The van der Waals surface area contributed by atoms with Crippen molar-refractivity contribution in [2.24, 2.45) is 16.6 Å². The van der Waals surface area contributed by atoms with Crippen molar-refractivity contribution in [3.05, 3.63) is 59.3 Å². The van der Waals surface area contributed by atoms with E-state index in [1.165, 1.54) is 6.07 Å². The highest BCUT2D eigenvalue weighted by molar-refractivity contribution is 5.79. The molecule has 0 bridgehead atoms. The fraction of sp³-hybridized carbons (Fsp3) is 0.409. The van der Waals surface area contributed by atoms with E-state index in [2.05, 4.69) is 25.5 Å². The molecule has 1 aliphatic heterocycles. The number of hydrogen-bond acceptors (Lipinski definition) is 4. The third-order valence-electron chi connectivity index (χ3n) is 5.45. The molecule has 4 N–H and O–H groups in total. The van der Waals surface area contributed by atoms with Crippen LogP contribution in [0.3, 0.4) is 0 Å². The van der Waals surface area contributed by atoms with Crippen molar-refractivity contribution in [2.45, 2.75) is 32.1 Å². The monoisotopic (exact) mass is 448 g/mol. The molecule has 32 heavy (non-hydrogen) atoms. The molecular formula is C22H27F3N6O. The highest BCUT2D eigenvalue weighted by Crippen LogP contribution is 2.29. The second-order valence-electron chi connectivity index (χ2n) is 7.63. The van der Waals surface area contributed by atoms with Gasteiger partial charge in [0.2, 0.25) is 5.91 Å². The number of nitrogens with two attached hydrogens (primary N) is 1. The van der Waals surface area contributed by atoms with Gasteiger partial charge in [-0.15, -0.1) is 0 Å². The molecule has 1 aromatic heterocycles. The van der Waals surface area contributed by atoms with Crippen LogP contribution in [0, 0.1) is 5.92 Å². The Morgan fingerprint density at radius 3 is 2.56 bits per heavy atom. The van der Waals surface area contributed by atoms with E-state index in [4.69, 9.17) is 5.73 Å². The zero-order valence-corrected chi connectivity index (χ0v) is 17.8. The number of pyridine rings is 1. The first-order chi connectivity index (χ1) is 15.3. The first-order valence-corrected chi connectivity index (χ1v) is 10.4. The lowest BCUT2D eigenvalue weighted by Crippen LogP contribution is -2.40. The van der Waals surface area contributed by atoms with Gasteiger partial charge in [-0.05, 0) is 36.6 Å². The molecule has 1 aromatic carbocycles. The zero-order chi connectivity index (χ0) is 23.1. The number of hydrogen-bond donors (Lipinski definition) is 3. The number of nitrogens with one attached hydrogen (secondary N) is 2. The number of guanidine groups is 1. The standard InChI is InChI=1S/C22H27F3N6O/c1-27-21(29-13-15-4-2-6-18(12-15)22(23,24)25)30-14-17-5-3-9-28-20(17)31-10-7-16(8-11-31)19(26)32/h2-6,9,12,16H,7-8,10-11,13-14H2,1H3,(H2,26,32)(H2,27,29,30). The van der Waals surface area contributed by atoms with Crippen LogP contribution in [0.25, 0.3) is 0 Å². The first-order valence-electron chi connectivity index (χ1n) is 10.4. The number of carbonyl (C=O) groups is 1. The summed E-state index contributed by atoms with van der Waals surface area (Å²) < 4.78 is 38.7. The number of aromatic nitrogens is 1. The van der Waals surface area contributed by atoms with E-state index in [1.807, 2.05) is 12.1 Å². The SMILES string of the molecule is CN=C(NCc1cccc(C(F)(F)F)c1)NCc1cccnc1N1CCC(C(N)=O)CC1. The fourth-order valence-corrected chi connectivity index (χ4v) is 3.67. The Kier molecular flexibility index (Phi) is 7.55. The number of carbonyl (C=O) groups excluding carboxylic acids is 1. The number of halogens is 3. The third-order valence-corrected chi connectivity index (χ3v) is 5.45. The van der Waals surface area contributed by atoms with E-state index >= 15 is 0 Å². The molecule has 0 atom stereocenters. The Morgan fingerprint density at radius 1 is 1.19 bits per heavy atom. The van der Waals surface area contributed by atoms with Gasteiger partial charge in [0.15, 0.2) is 5.96 Å². The van der Waals surface area contributed by atoms with E-state index in [-0.39, 0.29) is 18.4 Å². The number of aliphatic imine (C=N–C) groups is 1. The summed E-state index contributed by atoms with van der Waals surface area (Å²) in [5.41, 5.74) is 6.19.